The van der Waals surface area contributed by atoms with E-state index in [0.29, 0.717) is 12.3 Å². The van der Waals surface area contributed by atoms with Crippen LogP contribution in [0, 0.1) is 13.8 Å². The van der Waals surface area contributed by atoms with Crippen molar-refractivity contribution in [1.82, 2.24) is 0 Å². The number of hydrogen-bond donors (Lipinski definition) is 2. The van der Waals surface area contributed by atoms with E-state index in [1.54, 1.807) is 0 Å². The quantitative estimate of drug-likeness (QED) is 0.778. The zero-order valence-electron chi connectivity index (χ0n) is 11.6. The first-order chi connectivity index (χ1) is 9.63. The van der Waals surface area contributed by atoms with Gasteiger partial charge in [0, 0.05) is 5.69 Å². The SMILES string of the molecule is Cc1cccc(C)c1N=C1COc2ccc(N)cc2N1. The first-order valence-corrected chi connectivity index (χ1v) is 6.56. The molecular weight excluding hydrogens is 250 g/mol. The second kappa shape index (κ2) is 4.89. The van der Waals surface area contributed by atoms with Gasteiger partial charge in [-0.15, -0.1) is 0 Å². The van der Waals surface area contributed by atoms with Gasteiger partial charge in [0.2, 0.25) is 0 Å². The van der Waals surface area contributed by atoms with Crippen molar-refractivity contribution in [1.29, 1.82) is 0 Å². The maximum absolute atomic E-state index is 5.79. The first kappa shape index (κ1) is 12.5. The normalized spacial score (nSPS) is 15.4. The van der Waals surface area contributed by atoms with Crippen LogP contribution in [0.15, 0.2) is 41.4 Å². The molecule has 0 bridgehead atoms. The summed E-state index contributed by atoms with van der Waals surface area (Å²) in [5.41, 5.74) is 10.6. The Hall–Kier alpha value is -2.49. The van der Waals surface area contributed by atoms with Crippen LogP contribution in [0.5, 0.6) is 5.75 Å². The van der Waals surface area contributed by atoms with Crippen molar-refractivity contribution in [3.63, 3.8) is 0 Å². The Kier molecular flexibility index (Phi) is 3.06. The molecule has 3 N–H and O–H groups in total. The van der Waals surface area contributed by atoms with E-state index >= 15 is 0 Å². The molecule has 0 fully saturated rings. The number of anilines is 2. The topological polar surface area (TPSA) is 59.6 Å². The highest BCUT2D eigenvalue weighted by atomic mass is 16.5. The lowest BCUT2D eigenvalue weighted by atomic mass is 10.1. The molecule has 0 amide bonds. The van der Waals surface area contributed by atoms with Gasteiger partial charge in [-0.2, -0.15) is 0 Å². The molecule has 1 aliphatic heterocycles. The number of amidine groups is 1. The van der Waals surface area contributed by atoms with Crippen LogP contribution in [-0.2, 0) is 0 Å². The van der Waals surface area contributed by atoms with Crippen LogP contribution in [0.25, 0.3) is 0 Å². The molecule has 0 saturated carbocycles. The number of benzene rings is 2. The van der Waals surface area contributed by atoms with Crippen molar-refractivity contribution < 1.29 is 4.74 Å². The molecule has 0 atom stereocenters. The van der Waals surface area contributed by atoms with Crippen molar-refractivity contribution in [3.05, 3.63) is 47.5 Å². The number of para-hydroxylation sites is 1. The van der Waals surface area contributed by atoms with Crippen LogP contribution < -0.4 is 15.8 Å². The first-order valence-electron chi connectivity index (χ1n) is 6.56. The van der Waals surface area contributed by atoms with E-state index in [2.05, 4.69) is 36.3 Å². The monoisotopic (exact) mass is 267 g/mol. The zero-order chi connectivity index (χ0) is 14.1. The van der Waals surface area contributed by atoms with E-state index in [4.69, 9.17) is 10.5 Å². The molecule has 0 aliphatic carbocycles. The number of ether oxygens (including phenoxy) is 1. The minimum absolute atomic E-state index is 0.435. The van der Waals surface area contributed by atoms with Crippen molar-refractivity contribution in [2.75, 3.05) is 17.7 Å². The molecule has 102 valence electrons. The molecule has 20 heavy (non-hydrogen) atoms. The Morgan fingerprint density at radius 1 is 1.15 bits per heavy atom. The molecule has 4 heteroatoms. The van der Waals surface area contributed by atoms with E-state index in [0.717, 1.165) is 34.1 Å². The third kappa shape index (κ3) is 2.32. The summed E-state index contributed by atoms with van der Waals surface area (Å²) in [5.74, 6) is 1.60. The summed E-state index contributed by atoms with van der Waals surface area (Å²) in [6.45, 7) is 4.55. The summed E-state index contributed by atoms with van der Waals surface area (Å²) in [6, 6.07) is 11.7. The van der Waals surface area contributed by atoms with Crippen LogP contribution in [-0.4, -0.2) is 12.4 Å². The van der Waals surface area contributed by atoms with E-state index in [9.17, 15) is 0 Å². The molecular formula is C16H17N3O. The van der Waals surface area contributed by atoms with E-state index in [1.807, 2.05) is 24.3 Å². The number of nitrogens with zero attached hydrogens (tertiary/aromatic N) is 1. The number of nitrogens with two attached hydrogens (primary N) is 1. The summed E-state index contributed by atoms with van der Waals surface area (Å²) in [4.78, 5) is 4.69. The second-order valence-corrected chi connectivity index (χ2v) is 4.97. The lowest BCUT2D eigenvalue weighted by Gasteiger charge is -2.21. The van der Waals surface area contributed by atoms with Crippen LogP contribution in [0.4, 0.5) is 17.1 Å². The summed E-state index contributed by atoms with van der Waals surface area (Å²) < 4.78 is 5.69. The summed E-state index contributed by atoms with van der Waals surface area (Å²) in [5, 5.41) is 3.29. The molecule has 1 aliphatic rings. The van der Waals surface area contributed by atoms with Crippen molar-refractivity contribution >= 4 is 22.9 Å². The fourth-order valence-corrected chi connectivity index (χ4v) is 2.29. The summed E-state index contributed by atoms with van der Waals surface area (Å²) in [6.07, 6.45) is 0. The molecule has 1 heterocycles. The van der Waals surface area contributed by atoms with Crippen molar-refractivity contribution in [3.8, 4) is 5.75 Å². The number of hydrogen-bond acceptors (Lipinski definition) is 3. The number of nitrogen functional groups attached to an aromatic ring is 1. The lowest BCUT2D eigenvalue weighted by molar-refractivity contribution is 0.372. The smallest absolute Gasteiger partial charge is 0.146 e. The van der Waals surface area contributed by atoms with Gasteiger partial charge < -0.3 is 15.8 Å². The van der Waals surface area contributed by atoms with Crippen LogP contribution in [0.1, 0.15) is 11.1 Å². The van der Waals surface area contributed by atoms with E-state index in [-0.39, 0.29) is 0 Å². The van der Waals surface area contributed by atoms with Gasteiger partial charge in [-0.3, -0.25) is 0 Å². The van der Waals surface area contributed by atoms with E-state index < -0.39 is 0 Å². The highest BCUT2D eigenvalue weighted by molar-refractivity contribution is 6.01. The average Bonchev–Trinajstić information content (AvgIpc) is 2.42. The third-order valence-electron chi connectivity index (χ3n) is 3.33. The van der Waals surface area contributed by atoms with Crippen molar-refractivity contribution in [2.45, 2.75) is 13.8 Å². The minimum Gasteiger partial charge on any atom is -0.484 e. The van der Waals surface area contributed by atoms with Crippen molar-refractivity contribution in [2.24, 2.45) is 4.99 Å². The molecule has 2 aromatic carbocycles. The average molecular weight is 267 g/mol. The van der Waals surface area contributed by atoms with Crippen LogP contribution >= 0.6 is 0 Å². The molecule has 0 saturated heterocycles. The zero-order valence-corrected chi connectivity index (χ0v) is 11.6. The van der Waals surface area contributed by atoms with Gasteiger partial charge in [0.25, 0.3) is 0 Å². The maximum Gasteiger partial charge on any atom is 0.146 e. The fourth-order valence-electron chi connectivity index (χ4n) is 2.29. The van der Waals surface area contributed by atoms with Gasteiger partial charge in [0.1, 0.15) is 18.2 Å². The predicted molar refractivity (Wildman–Crippen MR) is 83.0 cm³/mol. The third-order valence-corrected chi connectivity index (χ3v) is 3.33. The lowest BCUT2D eigenvalue weighted by Crippen LogP contribution is -2.25. The molecule has 4 nitrogen and oxygen atoms in total. The van der Waals surface area contributed by atoms with Crippen LogP contribution in [0.3, 0.4) is 0 Å². The number of aliphatic imine (C=N–C) groups is 1. The summed E-state index contributed by atoms with van der Waals surface area (Å²) >= 11 is 0. The molecule has 0 aromatic heterocycles. The molecule has 2 aromatic rings. The fraction of sp³-hybridized carbons (Fsp3) is 0.188. The number of rotatable bonds is 1. The molecule has 3 rings (SSSR count). The standard InChI is InChI=1S/C16H17N3O/c1-10-4-3-5-11(2)16(10)19-15-9-20-14-7-6-12(17)8-13(14)18-15/h3-8H,9,17H2,1-2H3,(H,18,19). The Morgan fingerprint density at radius 3 is 2.65 bits per heavy atom. The molecule has 0 radical (unpaired) electrons. The van der Waals surface area contributed by atoms with Gasteiger partial charge in [-0.25, -0.2) is 4.99 Å². The summed E-state index contributed by atoms with van der Waals surface area (Å²) in [7, 11) is 0. The maximum atomic E-state index is 5.79. The Labute approximate surface area is 118 Å². The minimum atomic E-state index is 0.435. The number of fused-ring (bicyclic) bond motifs is 1. The van der Waals surface area contributed by atoms with Crippen LogP contribution in [0.2, 0.25) is 0 Å². The number of aryl methyl sites for hydroxylation is 2. The van der Waals surface area contributed by atoms with Gasteiger partial charge in [-0.05, 0) is 43.2 Å². The van der Waals surface area contributed by atoms with Gasteiger partial charge in [0.05, 0.1) is 11.4 Å². The highest BCUT2D eigenvalue weighted by Gasteiger charge is 2.15. The highest BCUT2D eigenvalue weighted by Crippen LogP contribution is 2.31. The number of nitrogens with one attached hydrogen (secondary N) is 1. The Balaban J connectivity index is 1.95. The largest absolute Gasteiger partial charge is 0.484 e. The molecule has 0 spiro atoms. The predicted octanol–water partition coefficient (Wildman–Crippen LogP) is 3.42. The molecule has 0 unspecified atom stereocenters. The van der Waals surface area contributed by atoms with E-state index in [1.165, 1.54) is 0 Å². The Bertz CT molecular complexity index is 672. The second-order valence-electron chi connectivity index (χ2n) is 4.97. The van der Waals surface area contributed by atoms with Gasteiger partial charge in [0.15, 0.2) is 0 Å². The van der Waals surface area contributed by atoms with Gasteiger partial charge in [-0.1, -0.05) is 18.2 Å². The Morgan fingerprint density at radius 2 is 1.90 bits per heavy atom. The van der Waals surface area contributed by atoms with Gasteiger partial charge >= 0.3 is 0 Å².